The summed E-state index contributed by atoms with van der Waals surface area (Å²) in [5, 5.41) is 0. The molecule has 0 saturated heterocycles. The molecule has 114 valence electrons. The standard InChI is InChI=1S/C22H12F2/c23-21-13-9-19(10-14-21)7-5-17-1-2-18(4-3-17)6-8-20-11-15-22(24)16-12-20/h1-4,9-16H. The van der Waals surface area contributed by atoms with Gasteiger partial charge in [0.15, 0.2) is 0 Å². The number of benzene rings is 3. The van der Waals surface area contributed by atoms with Crippen LogP contribution in [0.3, 0.4) is 0 Å². The van der Waals surface area contributed by atoms with E-state index in [1.54, 1.807) is 24.3 Å². The maximum Gasteiger partial charge on any atom is 0.123 e. The van der Waals surface area contributed by atoms with E-state index < -0.39 is 0 Å². The highest BCUT2D eigenvalue weighted by Gasteiger charge is 1.92. The normalized spacial score (nSPS) is 9.42. The van der Waals surface area contributed by atoms with E-state index in [-0.39, 0.29) is 11.6 Å². The molecule has 0 atom stereocenters. The third-order valence-electron chi connectivity index (χ3n) is 3.28. The van der Waals surface area contributed by atoms with Crippen molar-refractivity contribution in [3.05, 3.63) is 107 Å². The first-order valence-electron chi connectivity index (χ1n) is 7.34. The minimum Gasteiger partial charge on any atom is -0.207 e. The quantitative estimate of drug-likeness (QED) is 0.525. The van der Waals surface area contributed by atoms with Gasteiger partial charge in [-0.05, 0) is 72.8 Å². The van der Waals surface area contributed by atoms with E-state index in [4.69, 9.17) is 0 Å². The Hall–Kier alpha value is -3.36. The molecule has 0 N–H and O–H groups in total. The lowest BCUT2D eigenvalue weighted by Crippen LogP contribution is -1.80. The van der Waals surface area contributed by atoms with Crippen LogP contribution in [0.1, 0.15) is 22.3 Å². The molecule has 0 aliphatic carbocycles. The zero-order chi connectivity index (χ0) is 16.8. The van der Waals surface area contributed by atoms with Crippen LogP contribution >= 0.6 is 0 Å². The van der Waals surface area contributed by atoms with Crippen LogP contribution in [0.25, 0.3) is 0 Å². The van der Waals surface area contributed by atoms with Crippen LogP contribution in [-0.4, -0.2) is 0 Å². The highest BCUT2D eigenvalue weighted by Crippen LogP contribution is 2.05. The molecule has 0 fully saturated rings. The van der Waals surface area contributed by atoms with Crippen molar-refractivity contribution in [1.82, 2.24) is 0 Å². The lowest BCUT2D eigenvalue weighted by Gasteiger charge is -1.93. The van der Waals surface area contributed by atoms with Gasteiger partial charge in [0.25, 0.3) is 0 Å². The number of halogens is 2. The number of hydrogen-bond donors (Lipinski definition) is 0. The summed E-state index contributed by atoms with van der Waals surface area (Å²) in [6.07, 6.45) is 0. The van der Waals surface area contributed by atoms with Crippen molar-refractivity contribution in [2.45, 2.75) is 0 Å². The Morgan fingerprint density at radius 3 is 0.833 bits per heavy atom. The molecule has 0 aliphatic heterocycles. The molecular formula is C22H12F2. The van der Waals surface area contributed by atoms with Crippen molar-refractivity contribution in [3.8, 4) is 23.7 Å². The van der Waals surface area contributed by atoms with Gasteiger partial charge in [0.2, 0.25) is 0 Å². The molecule has 0 aromatic heterocycles. The first kappa shape index (κ1) is 15.5. The van der Waals surface area contributed by atoms with Crippen LogP contribution in [0, 0.1) is 35.3 Å². The molecule has 0 spiro atoms. The predicted molar refractivity (Wildman–Crippen MR) is 91.2 cm³/mol. The van der Waals surface area contributed by atoms with E-state index in [0.29, 0.717) is 0 Å². The second-order valence-corrected chi connectivity index (χ2v) is 5.09. The zero-order valence-electron chi connectivity index (χ0n) is 12.7. The Kier molecular flexibility index (Phi) is 4.70. The number of hydrogen-bond acceptors (Lipinski definition) is 0. The predicted octanol–water partition coefficient (Wildman–Crippen LogP) is 4.76. The Bertz CT molecular complexity index is 861. The van der Waals surface area contributed by atoms with Crippen molar-refractivity contribution in [3.63, 3.8) is 0 Å². The average molecular weight is 314 g/mol. The summed E-state index contributed by atoms with van der Waals surface area (Å²) >= 11 is 0. The van der Waals surface area contributed by atoms with E-state index in [2.05, 4.69) is 23.7 Å². The summed E-state index contributed by atoms with van der Waals surface area (Å²) in [5.41, 5.74) is 3.23. The highest BCUT2D eigenvalue weighted by atomic mass is 19.1. The van der Waals surface area contributed by atoms with Gasteiger partial charge in [-0.25, -0.2) is 8.78 Å². The molecule has 0 unspecified atom stereocenters. The summed E-state index contributed by atoms with van der Waals surface area (Å²) in [5.74, 6) is 11.5. The van der Waals surface area contributed by atoms with E-state index in [0.717, 1.165) is 22.3 Å². The fourth-order valence-electron chi connectivity index (χ4n) is 1.99. The largest absolute Gasteiger partial charge is 0.207 e. The summed E-state index contributed by atoms with van der Waals surface area (Å²) in [7, 11) is 0. The van der Waals surface area contributed by atoms with Gasteiger partial charge in [-0.2, -0.15) is 0 Å². The minimum atomic E-state index is -0.273. The Morgan fingerprint density at radius 1 is 0.375 bits per heavy atom. The summed E-state index contributed by atoms with van der Waals surface area (Å²) in [6.45, 7) is 0. The van der Waals surface area contributed by atoms with Crippen LogP contribution in [-0.2, 0) is 0 Å². The van der Waals surface area contributed by atoms with Gasteiger partial charge in [-0.3, -0.25) is 0 Å². The Labute approximate surface area is 139 Å². The molecular weight excluding hydrogens is 302 g/mol. The van der Waals surface area contributed by atoms with E-state index in [9.17, 15) is 8.78 Å². The third-order valence-corrected chi connectivity index (χ3v) is 3.28. The SMILES string of the molecule is Fc1ccc(C#Cc2ccc(C#Cc3ccc(F)cc3)cc2)cc1. The molecule has 0 saturated carbocycles. The Morgan fingerprint density at radius 2 is 0.583 bits per heavy atom. The molecule has 2 heteroatoms. The van der Waals surface area contributed by atoms with E-state index in [1.807, 2.05) is 24.3 Å². The molecule has 24 heavy (non-hydrogen) atoms. The lowest BCUT2D eigenvalue weighted by atomic mass is 10.1. The van der Waals surface area contributed by atoms with Crippen LogP contribution < -0.4 is 0 Å². The molecule has 3 aromatic rings. The van der Waals surface area contributed by atoms with Crippen LogP contribution in [0.2, 0.25) is 0 Å². The first-order chi connectivity index (χ1) is 11.7. The maximum absolute atomic E-state index is 12.8. The van der Waals surface area contributed by atoms with Crippen molar-refractivity contribution >= 4 is 0 Å². The molecule has 0 radical (unpaired) electrons. The van der Waals surface area contributed by atoms with Crippen LogP contribution in [0.5, 0.6) is 0 Å². The summed E-state index contributed by atoms with van der Waals surface area (Å²) < 4.78 is 25.7. The topological polar surface area (TPSA) is 0 Å². The fraction of sp³-hybridized carbons (Fsp3) is 0. The second kappa shape index (κ2) is 7.27. The summed E-state index contributed by atoms with van der Waals surface area (Å²) in [6, 6.07) is 19.6. The zero-order valence-corrected chi connectivity index (χ0v) is 12.7. The molecule has 0 amide bonds. The maximum atomic E-state index is 12.8. The van der Waals surface area contributed by atoms with Crippen LogP contribution in [0.15, 0.2) is 72.8 Å². The van der Waals surface area contributed by atoms with Gasteiger partial charge in [0.05, 0.1) is 0 Å². The molecule has 0 nitrogen and oxygen atoms in total. The smallest absolute Gasteiger partial charge is 0.123 e. The molecule has 0 bridgehead atoms. The van der Waals surface area contributed by atoms with Crippen molar-refractivity contribution in [1.29, 1.82) is 0 Å². The molecule has 3 aromatic carbocycles. The monoisotopic (exact) mass is 314 g/mol. The van der Waals surface area contributed by atoms with E-state index in [1.165, 1.54) is 24.3 Å². The second-order valence-electron chi connectivity index (χ2n) is 5.09. The fourth-order valence-corrected chi connectivity index (χ4v) is 1.99. The average Bonchev–Trinajstić information content (AvgIpc) is 2.62. The van der Waals surface area contributed by atoms with Gasteiger partial charge in [0.1, 0.15) is 11.6 Å². The van der Waals surface area contributed by atoms with Gasteiger partial charge in [0, 0.05) is 22.3 Å². The summed E-state index contributed by atoms with van der Waals surface area (Å²) in [4.78, 5) is 0. The highest BCUT2D eigenvalue weighted by molar-refractivity contribution is 5.47. The van der Waals surface area contributed by atoms with Gasteiger partial charge in [-0.15, -0.1) is 0 Å². The van der Waals surface area contributed by atoms with Gasteiger partial charge >= 0.3 is 0 Å². The van der Waals surface area contributed by atoms with Crippen molar-refractivity contribution in [2.24, 2.45) is 0 Å². The molecule has 0 aliphatic rings. The molecule has 3 rings (SSSR count). The van der Waals surface area contributed by atoms with Gasteiger partial charge < -0.3 is 0 Å². The minimum absolute atomic E-state index is 0.273. The number of rotatable bonds is 0. The third kappa shape index (κ3) is 4.32. The van der Waals surface area contributed by atoms with Gasteiger partial charge in [-0.1, -0.05) is 23.7 Å². The van der Waals surface area contributed by atoms with Crippen molar-refractivity contribution in [2.75, 3.05) is 0 Å². The molecule has 0 heterocycles. The van der Waals surface area contributed by atoms with E-state index >= 15 is 0 Å². The first-order valence-corrected chi connectivity index (χ1v) is 7.34. The lowest BCUT2D eigenvalue weighted by molar-refractivity contribution is 0.627. The van der Waals surface area contributed by atoms with Crippen LogP contribution in [0.4, 0.5) is 8.78 Å². The van der Waals surface area contributed by atoms with Crippen molar-refractivity contribution < 1.29 is 8.78 Å². The Balaban J connectivity index is 1.72.